The lowest BCUT2D eigenvalue weighted by Gasteiger charge is -2.10. The van der Waals surface area contributed by atoms with Crippen LogP contribution in [0.15, 0.2) is 12.4 Å². The lowest BCUT2D eigenvalue weighted by atomic mass is 10.3. The number of fused-ring (bicyclic) bond motifs is 1. The average molecular weight is 335 g/mol. The number of aromatic nitrogens is 6. The van der Waals surface area contributed by atoms with Crippen LogP contribution >= 0.6 is 11.6 Å². The standard InChI is InChI=1S/C14H12ClFN6O/c1-6(2)22-12(7(3)23)19-9-5-17-11(21-13(9)22)10-8(16)4-18-14(15)20-10/h4-6H,1-3H3. The van der Waals surface area contributed by atoms with E-state index < -0.39 is 5.82 Å². The highest BCUT2D eigenvalue weighted by atomic mass is 35.5. The van der Waals surface area contributed by atoms with Crippen LogP contribution in [0.2, 0.25) is 5.28 Å². The van der Waals surface area contributed by atoms with Crippen molar-refractivity contribution in [1.29, 1.82) is 0 Å². The largest absolute Gasteiger partial charge is 0.304 e. The molecule has 3 rings (SSSR count). The van der Waals surface area contributed by atoms with Gasteiger partial charge in [0.05, 0.1) is 12.4 Å². The lowest BCUT2D eigenvalue weighted by molar-refractivity contribution is 0.0998. The Hall–Kier alpha value is -2.48. The number of rotatable bonds is 3. The number of nitrogens with zero attached hydrogens (tertiary/aromatic N) is 6. The van der Waals surface area contributed by atoms with Gasteiger partial charge in [-0.2, -0.15) is 0 Å². The van der Waals surface area contributed by atoms with E-state index in [1.54, 1.807) is 4.57 Å². The van der Waals surface area contributed by atoms with Crippen molar-refractivity contribution in [3.63, 3.8) is 0 Å². The van der Waals surface area contributed by atoms with Crippen molar-refractivity contribution in [1.82, 2.24) is 29.5 Å². The van der Waals surface area contributed by atoms with Gasteiger partial charge in [0.25, 0.3) is 0 Å². The Balaban J connectivity index is 2.28. The molecule has 0 amide bonds. The molecule has 23 heavy (non-hydrogen) atoms. The van der Waals surface area contributed by atoms with Crippen molar-refractivity contribution < 1.29 is 9.18 Å². The highest BCUT2D eigenvalue weighted by Gasteiger charge is 2.20. The number of carbonyl (C=O) groups excluding carboxylic acids is 1. The fourth-order valence-electron chi connectivity index (χ4n) is 2.24. The van der Waals surface area contributed by atoms with E-state index in [4.69, 9.17) is 11.6 Å². The molecule has 3 heterocycles. The highest BCUT2D eigenvalue weighted by Crippen LogP contribution is 2.23. The molecule has 7 nitrogen and oxygen atoms in total. The molecule has 0 saturated carbocycles. The van der Waals surface area contributed by atoms with Crippen LogP contribution in [0.4, 0.5) is 4.39 Å². The first-order chi connectivity index (χ1) is 10.9. The molecule has 0 atom stereocenters. The van der Waals surface area contributed by atoms with Crippen molar-refractivity contribution in [3.8, 4) is 11.5 Å². The number of hydrogen-bond acceptors (Lipinski definition) is 6. The summed E-state index contributed by atoms with van der Waals surface area (Å²) in [5.74, 6) is -0.537. The van der Waals surface area contributed by atoms with Crippen LogP contribution in [0.3, 0.4) is 0 Å². The van der Waals surface area contributed by atoms with Gasteiger partial charge in [0.1, 0.15) is 11.2 Å². The van der Waals surface area contributed by atoms with Gasteiger partial charge in [-0.25, -0.2) is 29.3 Å². The van der Waals surface area contributed by atoms with Gasteiger partial charge < -0.3 is 4.57 Å². The van der Waals surface area contributed by atoms with E-state index in [9.17, 15) is 9.18 Å². The molecule has 3 aromatic heterocycles. The van der Waals surface area contributed by atoms with Crippen LogP contribution in [-0.2, 0) is 0 Å². The molecule has 0 saturated heterocycles. The first-order valence-corrected chi connectivity index (χ1v) is 7.20. The monoisotopic (exact) mass is 334 g/mol. The summed E-state index contributed by atoms with van der Waals surface area (Å²) < 4.78 is 15.6. The zero-order valence-corrected chi connectivity index (χ0v) is 13.3. The smallest absolute Gasteiger partial charge is 0.223 e. The third-order valence-corrected chi connectivity index (χ3v) is 3.37. The van der Waals surface area contributed by atoms with E-state index in [1.807, 2.05) is 13.8 Å². The van der Waals surface area contributed by atoms with Crippen LogP contribution in [-0.4, -0.2) is 35.3 Å². The molecule has 0 fully saturated rings. The minimum absolute atomic E-state index is 0.0520. The zero-order chi connectivity index (χ0) is 16.7. The highest BCUT2D eigenvalue weighted by molar-refractivity contribution is 6.28. The van der Waals surface area contributed by atoms with Gasteiger partial charge in [-0.15, -0.1) is 0 Å². The van der Waals surface area contributed by atoms with Gasteiger partial charge in [-0.3, -0.25) is 4.79 Å². The maximum absolute atomic E-state index is 13.9. The quantitative estimate of drug-likeness (QED) is 0.540. The molecule has 3 aromatic rings. The number of Topliss-reactive ketones (excluding diaryl/α,β-unsaturated/α-hetero) is 1. The fourth-order valence-corrected chi connectivity index (χ4v) is 2.38. The SMILES string of the molecule is CC(=O)c1nc2cnc(-c3nc(Cl)ncc3F)nc2n1C(C)C. The maximum Gasteiger partial charge on any atom is 0.223 e. The fraction of sp³-hybridized carbons (Fsp3) is 0.286. The summed E-state index contributed by atoms with van der Waals surface area (Å²) in [6, 6.07) is -0.0551. The van der Waals surface area contributed by atoms with E-state index in [0.717, 1.165) is 6.20 Å². The van der Waals surface area contributed by atoms with E-state index in [-0.39, 0.29) is 34.5 Å². The van der Waals surface area contributed by atoms with E-state index >= 15 is 0 Å². The van der Waals surface area contributed by atoms with Crippen LogP contribution < -0.4 is 0 Å². The Kier molecular flexibility index (Phi) is 3.77. The Bertz CT molecular complexity index is 923. The summed E-state index contributed by atoms with van der Waals surface area (Å²) in [7, 11) is 0. The van der Waals surface area contributed by atoms with Crippen molar-refractivity contribution in [2.45, 2.75) is 26.8 Å². The Morgan fingerprint density at radius 3 is 2.61 bits per heavy atom. The number of imidazole rings is 1. The first-order valence-electron chi connectivity index (χ1n) is 6.82. The van der Waals surface area contributed by atoms with Gasteiger partial charge >= 0.3 is 0 Å². The second-order valence-corrected chi connectivity index (χ2v) is 5.53. The molecule has 0 radical (unpaired) electrons. The molecule has 118 valence electrons. The van der Waals surface area contributed by atoms with Crippen molar-refractivity contribution in [2.75, 3.05) is 0 Å². The number of carbonyl (C=O) groups is 1. The maximum atomic E-state index is 13.9. The molecule has 0 unspecified atom stereocenters. The summed E-state index contributed by atoms with van der Waals surface area (Å²) in [4.78, 5) is 31.8. The molecule has 0 aliphatic heterocycles. The third-order valence-electron chi connectivity index (χ3n) is 3.19. The molecule has 9 heteroatoms. The average Bonchev–Trinajstić information content (AvgIpc) is 2.88. The van der Waals surface area contributed by atoms with Crippen LogP contribution in [0.5, 0.6) is 0 Å². The summed E-state index contributed by atoms with van der Waals surface area (Å²) in [5.41, 5.74) is 0.783. The third kappa shape index (κ3) is 2.65. The summed E-state index contributed by atoms with van der Waals surface area (Å²) in [5, 5.41) is -0.105. The zero-order valence-electron chi connectivity index (χ0n) is 12.6. The van der Waals surface area contributed by atoms with Crippen molar-refractivity contribution in [2.24, 2.45) is 0 Å². The van der Waals surface area contributed by atoms with Crippen LogP contribution in [0.1, 0.15) is 37.4 Å². The Morgan fingerprint density at radius 1 is 1.22 bits per heavy atom. The topological polar surface area (TPSA) is 86.4 Å². The van der Waals surface area contributed by atoms with Gasteiger partial charge in [-0.05, 0) is 25.4 Å². The van der Waals surface area contributed by atoms with E-state index in [1.165, 1.54) is 13.1 Å². The molecule has 0 aliphatic carbocycles. The minimum Gasteiger partial charge on any atom is -0.304 e. The normalized spacial score (nSPS) is 11.4. The molecule has 0 spiro atoms. The number of halogens is 2. The predicted octanol–water partition coefficient (Wildman–Crippen LogP) is 2.86. The molecule has 0 N–H and O–H groups in total. The summed E-state index contributed by atoms with van der Waals surface area (Å²) in [6.07, 6.45) is 2.39. The van der Waals surface area contributed by atoms with Gasteiger partial charge in [0.15, 0.2) is 28.9 Å². The Labute approximate surface area is 135 Å². The molecule has 0 aliphatic rings. The van der Waals surface area contributed by atoms with Crippen molar-refractivity contribution >= 4 is 28.5 Å². The first kappa shape index (κ1) is 15.4. The summed E-state index contributed by atoms with van der Waals surface area (Å²) >= 11 is 5.71. The van der Waals surface area contributed by atoms with Crippen LogP contribution in [0, 0.1) is 5.82 Å². The second-order valence-electron chi connectivity index (χ2n) is 5.19. The molecular weight excluding hydrogens is 323 g/mol. The van der Waals surface area contributed by atoms with E-state index in [2.05, 4.69) is 24.9 Å². The van der Waals surface area contributed by atoms with Crippen LogP contribution in [0.25, 0.3) is 22.7 Å². The molecule has 0 aromatic carbocycles. The Morgan fingerprint density at radius 2 is 1.96 bits per heavy atom. The number of hydrogen-bond donors (Lipinski definition) is 0. The lowest BCUT2D eigenvalue weighted by Crippen LogP contribution is -2.10. The van der Waals surface area contributed by atoms with E-state index in [0.29, 0.717) is 11.2 Å². The predicted molar refractivity (Wildman–Crippen MR) is 81.7 cm³/mol. The number of ketones is 1. The molecular formula is C14H12ClFN6O. The second kappa shape index (κ2) is 5.62. The summed E-state index contributed by atoms with van der Waals surface area (Å²) in [6.45, 7) is 5.23. The van der Waals surface area contributed by atoms with Crippen molar-refractivity contribution in [3.05, 3.63) is 29.3 Å². The van der Waals surface area contributed by atoms with Gasteiger partial charge in [-0.1, -0.05) is 0 Å². The minimum atomic E-state index is -0.684. The van der Waals surface area contributed by atoms with Gasteiger partial charge in [0.2, 0.25) is 5.28 Å². The van der Waals surface area contributed by atoms with Gasteiger partial charge in [0, 0.05) is 13.0 Å². The molecule has 0 bridgehead atoms.